The van der Waals surface area contributed by atoms with Crippen LogP contribution in [-0.2, 0) is 13.0 Å². The summed E-state index contributed by atoms with van der Waals surface area (Å²) in [7, 11) is 3.24. The number of hydrogen-bond acceptors (Lipinski definition) is 6. The van der Waals surface area contributed by atoms with Crippen molar-refractivity contribution >= 4 is 23.4 Å². The highest BCUT2D eigenvalue weighted by molar-refractivity contribution is 7.99. The predicted octanol–water partition coefficient (Wildman–Crippen LogP) is 3.90. The summed E-state index contributed by atoms with van der Waals surface area (Å²) in [4.78, 5) is 16.9. The largest absolute Gasteiger partial charge is 0.493 e. The Bertz CT molecular complexity index is 974. The standard InChI is InChI=1S/C21H24N4O3S/c1-4-29-21-17(6-5-10-22-21)20(26)24-16-13-23-25(14-16)11-9-15-7-8-18(27-2)19(12-15)28-3/h5-8,10,12-14H,4,9,11H2,1-3H3,(H,24,26). The van der Waals surface area contributed by atoms with Gasteiger partial charge in [0.15, 0.2) is 11.5 Å². The summed E-state index contributed by atoms with van der Waals surface area (Å²) in [5.74, 6) is 2.08. The summed E-state index contributed by atoms with van der Waals surface area (Å²) in [6.07, 6.45) is 5.94. The molecule has 0 fully saturated rings. The van der Waals surface area contributed by atoms with E-state index in [4.69, 9.17) is 9.47 Å². The number of amides is 1. The van der Waals surface area contributed by atoms with Crippen molar-refractivity contribution in [3.05, 3.63) is 60.0 Å². The van der Waals surface area contributed by atoms with E-state index in [1.54, 1.807) is 55.2 Å². The molecule has 8 heteroatoms. The molecule has 0 saturated heterocycles. The first kappa shape index (κ1) is 20.7. The predicted molar refractivity (Wildman–Crippen MR) is 114 cm³/mol. The van der Waals surface area contributed by atoms with Crippen LogP contribution in [0.2, 0.25) is 0 Å². The molecule has 0 saturated carbocycles. The highest BCUT2D eigenvalue weighted by Crippen LogP contribution is 2.28. The molecule has 0 bridgehead atoms. The van der Waals surface area contributed by atoms with E-state index in [0.717, 1.165) is 22.8 Å². The second-order valence-electron chi connectivity index (χ2n) is 6.17. The molecule has 0 aliphatic carbocycles. The van der Waals surface area contributed by atoms with E-state index >= 15 is 0 Å². The minimum absolute atomic E-state index is 0.187. The van der Waals surface area contributed by atoms with Crippen LogP contribution in [0, 0.1) is 0 Å². The van der Waals surface area contributed by atoms with Gasteiger partial charge in [0, 0.05) is 18.9 Å². The maximum atomic E-state index is 12.6. The number of aromatic nitrogens is 3. The summed E-state index contributed by atoms with van der Waals surface area (Å²) in [5.41, 5.74) is 2.33. The zero-order valence-corrected chi connectivity index (χ0v) is 17.5. The zero-order valence-electron chi connectivity index (χ0n) is 16.7. The Hall–Kier alpha value is -3.00. The van der Waals surface area contributed by atoms with Gasteiger partial charge in [0.25, 0.3) is 5.91 Å². The summed E-state index contributed by atoms with van der Waals surface area (Å²) in [6, 6.07) is 9.40. The van der Waals surface area contributed by atoms with E-state index in [9.17, 15) is 4.79 Å². The highest BCUT2D eigenvalue weighted by atomic mass is 32.2. The van der Waals surface area contributed by atoms with Gasteiger partial charge >= 0.3 is 0 Å². The Morgan fingerprint density at radius 3 is 2.79 bits per heavy atom. The second kappa shape index (κ2) is 9.97. The number of nitrogens with one attached hydrogen (secondary N) is 1. The number of anilines is 1. The molecule has 0 spiro atoms. The van der Waals surface area contributed by atoms with E-state index in [1.807, 2.05) is 31.3 Å². The minimum atomic E-state index is -0.187. The summed E-state index contributed by atoms with van der Waals surface area (Å²) in [6.45, 7) is 2.71. The van der Waals surface area contributed by atoms with Gasteiger partial charge in [-0.25, -0.2) is 4.98 Å². The molecule has 7 nitrogen and oxygen atoms in total. The lowest BCUT2D eigenvalue weighted by Crippen LogP contribution is -2.13. The van der Waals surface area contributed by atoms with Gasteiger partial charge in [-0.1, -0.05) is 13.0 Å². The average molecular weight is 413 g/mol. The van der Waals surface area contributed by atoms with E-state index in [1.165, 1.54) is 0 Å². The summed E-state index contributed by atoms with van der Waals surface area (Å²) < 4.78 is 12.4. The second-order valence-corrected chi connectivity index (χ2v) is 7.43. The SMILES string of the molecule is CCSc1ncccc1C(=O)Nc1cnn(CCc2ccc(OC)c(OC)c2)c1. The van der Waals surface area contributed by atoms with Crippen molar-refractivity contribution in [2.24, 2.45) is 0 Å². The van der Waals surface area contributed by atoms with E-state index < -0.39 is 0 Å². The van der Waals surface area contributed by atoms with Crippen molar-refractivity contribution in [1.82, 2.24) is 14.8 Å². The number of carbonyl (C=O) groups is 1. The number of hydrogen-bond donors (Lipinski definition) is 1. The number of thioether (sulfide) groups is 1. The number of pyridine rings is 1. The van der Waals surface area contributed by atoms with Crippen molar-refractivity contribution in [1.29, 1.82) is 0 Å². The normalized spacial score (nSPS) is 10.6. The van der Waals surface area contributed by atoms with Crippen LogP contribution in [0.3, 0.4) is 0 Å². The highest BCUT2D eigenvalue weighted by Gasteiger charge is 2.13. The molecule has 0 unspecified atom stereocenters. The van der Waals surface area contributed by atoms with Crippen molar-refractivity contribution in [3.8, 4) is 11.5 Å². The average Bonchev–Trinajstić information content (AvgIpc) is 3.19. The molecule has 0 atom stereocenters. The number of rotatable bonds is 9. The smallest absolute Gasteiger partial charge is 0.258 e. The van der Waals surface area contributed by atoms with Gasteiger partial charge in [-0.3, -0.25) is 9.48 Å². The number of benzene rings is 1. The lowest BCUT2D eigenvalue weighted by atomic mass is 10.1. The van der Waals surface area contributed by atoms with Gasteiger partial charge in [-0.15, -0.1) is 11.8 Å². The molecule has 3 rings (SSSR count). The van der Waals surface area contributed by atoms with Gasteiger partial charge in [0.2, 0.25) is 0 Å². The van der Waals surface area contributed by atoms with Gasteiger partial charge < -0.3 is 14.8 Å². The molecule has 0 aliphatic rings. The van der Waals surface area contributed by atoms with Crippen LogP contribution in [0.4, 0.5) is 5.69 Å². The molecule has 1 aromatic carbocycles. The van der Waals surface area contributed by atoms with Crippen LogP contribution < -0.4 is 14.8 Å². The van der Waals surface area contributed by atoms with Crippen LogP contribution in [0.15, 0.2) is 53.9 Å². The molecule has 29 heavy (non-hydrogen) atoms. The first-order valence-corrected chi connectivity index (χ1v) is 10.3. The Morgan fingerprint density at radius 2 is 2.03 bits per heavy atom. The molecule has 2 heterocycles. The van der Waals surface area contributed by atoms with Crippen molar-refractivity contribution in [2.75, 3.05) is 25.3 Å². The monoisotopic (exact) mass is 412 g/mol. The fraction of sp³-hybridized carbons (Fsp3) is 0.286. The van der Waals surface area contributed by atoms with E-state index in [2.05, 4.69) is 15.4 Å². The van der Waals surface area contributed by atoms with Crippen LogP contribution in [0.5, 0.6) is 11.5 Å². The van der Waals surface area contributed by atoms with E-state index in [0.29, 0.717) is 29.3 Å². The topological polar surface area (TPSA) is 78.3 Å². The number of methoxy groups -OCH3 is 2. The molecule has 1 N–H and O–H groups in total. The van der Waals surface area contributed by atoms with Crippen molar-refractivity contribution in [2.45, 2.75) is 24.9 Å². The van der Waals surface area contributed by atoms with Crippen molar-refractivity contribution < 1.29 is 14.3 Å². The van der Waals surface area contributed by atoms with Crippen molar-refractivity contribution in [3.63, 3.8) is 0 Å². The summed E-state index contributed by atoms with van der Waals surface area (Å²) in [5, 5.41) is 7.96. The van der Waals surface area contributed by atoms with Gasteiger partial charge in [-0.2, -0.15) is 5.10 Å². The van der Waals surface area contributed by atoms with Crippen LogP contribution >= 0.6 is 11.8 Å². The number of carbonyl (C=O) groups excluding carboxylic acids is 1. The third-order valence-corrected chi connectivity index (χ3v) is 5.15. The maximum absolute atomic E-state index is 12.6. The fourth-order valence-corrected chi connectivity index (χ4v) is 3.57. The van der Waals surface area contributed by atoms with Gasteiger partial charge in [0.05, 0.1) is 31.7 Å². The lowest BCUT2D eigenvalue weighted by molar-refractivity contribution is 0.102. The molecular weight excluding hydrogens is 388 g/mol. The zero-order chi connectivity index (χ0) is 20.6. The van der Waals surface area contributed by atoms with Gasteiger partial charge in [0.1, 0.15) is 5.03 Å². The summed E-state index contributed by atoms with van der Waals surface area (Å²) >= 11 is 1.55. The quantitative estimate of drug-likeness (QED) is 0.537. The number of ether oxygens (including phenoxy) is 2. The molecule has 152 valence electrons. The minimum Gasteiger partial charge on any atom is -0.493 e. The first-order chi connectivity index (χ1) is 14.1. The van der Waals surface area contributed by atoms with Gasteiger partial charge in [-0.05, 0) is 42.0 Å². The Labute approximate surface area is 174 Å². The Kier molecular flexibility index (Phi) is 7.13. The molecule has 0 radical (unpaired) electrons. The van der Waals surface area contributed by atoms with Crippen LogP contribution in [-0.4, -0.2) is 40.6 Å². The fourth-order valence-electron chi connectivity index (χ4n) is 2.84. The Morgan fingerprint density at radius 1 is 1.21 bits per heavy atom. The molecule has 1 amide bonds. The third-order valence-electron chi connectivity index (χ3n) is 4.27. The number of nitrogens with zero attached hydrogens (tertiary/aromatic N) is 3. The first-order valence-electron chi connectivity index (χ1n) is 9.27. The number of aryl methyl sites for hydroxylation is 2. The lowest BCUT2D eigenvalue weighted by Gasteiger charge is -2.09. The molecule has 2 aromatic heterocycles. The Balaban J connectivity index is 1.62. The molecule has 0 aliphatic heterocycles. The third kappa shape index (κ3) is 5.29. The van der Waals surface area contributed by atoms with E-state index in [-0.39, 0.29) is 5.91 Å². The van der Waals surface area contributed by atoms with Crippen LogP contribution in [0.1, 0.15) is 22.8 Å². The molecular formula is C21H24N4O3S. The van der Waals surface area contributed by atoms with Crippen LogP contribution in [0.25, 0.3) is 0 Å². The molecule has 3 aromatic rings. The maximum Gasteiger partial charge on any atom is 0.258 e.